The highest BCUT2D eigenvalue weighted by Crippen LogP contribution is 2.54. The van der Waals surface area contributed by atoms with E-state index in [1.54, 1.807) is 11.1 Å². The predicted octanol–water partition coefficient (Wildman–Crippen LogP) is 2.30. The third-order valence-electron chi connectivity index (χ3n) is 4.00. The summed E-state index contributed by atoms with van der Waals surface area (Å²) in [6.07, 6.45) is 5.10. The topological polar surface area (TPSA) is 26.0 Å². The number of aryl methyl sites for hydroxylation is 2. The summed E-state index contributed by atoms with van der Waals surface area (Å²) < 4.78 is 0. The van der Waals surface area contributed by atoms with E-state index in [0.717, 1.165) is 0 Å². The molecule has 1 heteroatoms. The second-order valence-corrected chi connectivity index (χ2v) is 4.98. The smallest absolute Gasteiger partial charge is 0.0146 e. The lowest BCUT2D eigenvalue weighted by molar-refractivity contribution is 0.525. The van der Waals surface area contributed by atoms with Crippen LogP contribution < -0.4 is 5.73 Å². The van der Waals surface area contributed by atoms with Crippen molar-refractivity contribution in [1.29, 1.82) is 0 Å². The molecule has 0 heterocycles. The van der Waals surface area contributed by atoms with Crippen LogP contribution in [0.3, 0.4) is 0 Å². The molecule has 1 saturated carbocycles. The fourth-order valence-corrected chi connectivity index (χ4v) is 3.03. The summed E-state index contributed by atoms with van der Waals surface area (Å²) in [5, 5.41) is 0. The summed E-state index contributed by atoms with van der Waals surface area (Å²) in [5.41, 5.74) is 11.0. The summed E-state index contributed by atoms with van der Waals surface area (Å²) in [6, 6.07) is 7.33. The Morgan fingerprint density at radius 2 is 2.21 bits per heavy atom. The summed E-state index contributed by atoms with van der Waals surface area (Å²) in [4.78, 5) is 0. The first kappa shape index (κ1) is 8.49. The molecule has 1 spiro atoms. The van der Waals surface area contributed by atoms with Crippen molar-refractivity contribution in [3.8, 4) is 0 Å². The van der Waals surface area contributed by atoms with Gasteiger partial charge >= 0.3 is 0 Å². The first-order valence-corrected chi connectivity index (χ1v) is 5.58. The molecule has 2 aliphatic carbocycles. The molecule has 74 valence electrons. The molecule has 0 aromatic heterocycles. The Balaban J connectivity index is 2.14. The van der Waals surface area contributed by atoms with Crippen LogP contribution in [0.5, 0.6) is 0 Å². The maximum absolute atomic E-state index is 6.10. The largest absolute Gasteiger partial charge is 0.327 e. The molecule has 2 aliphatic rings. The molecule has 1 nitrogen and oxygen atoms in total. The number of hydrogen-bond acceptors (Lipinski definition) is 1. The summed E-state index contributed by atoms with van der Waals surface area (Å²) in [5.74, 6) is 0. The van der Waals surface area contributed by atoms with E-state index in [9.17, 15) is 0 Å². The van der Waals surface area contributed by atoms with E-state index in [0.29, 0.717) is 11.5 Å². The number of nitrogens with two attached hydrogens (primary N) is 1. The van der Waals surface area contributed by atoms with E-state index in [4.69, 9.17) is 5.73 Å². The van der Waals surface area contributed by atoms with Gasteiger partial charge in [-0.15, -0.1) is 0 Å². The van der Waals surface area contributed by atoms with Crippen molar-refractivity contribution in [2.75, 3.05) is 0 Å². The van der Waals surface area contributed by atoms with Crippen LogP contribution in [0.1, 0.15) is 36.0 Å². The molecule has 0 radical (unpaired) electrons. The quantitative estimate of drug-likeness (QED) is 0.662. The lowest BCUT2D eigenvalue weighted by Gasteiger charge is -2.26. The molecule has 1 fully saturated rings. The van der Waals surface area contributed by atoms with Gasteiger partial charge in [0.05, 0.1) is 0 Å². The standard InChI is InChI=1S/C13H17N/c1-9-4-5-10-3-2-6-13(8-12(13)14)11(10)7-9/h4-5,7,12H,2-3,6,8,14H2,1H3. The van der Waals surface area contributed by atoms with Crippen molar-refractivity contribution < 1.29 is 0 Å². The first-order valence-electron chi connectivity index (χ1n) is 5.58. The van der Waals surface area contributed by atoms with Crippen molar-refractivity contribution in [1.82, 2.24) is 0 Å². The zero-order valence-electron chi connectivity index (χ0n) is 8.72. The molecule has 14 heavy (non-hydrogen) atoms. The van der Waals surface area contributed by atoms with E-state index in [-0.39, 0.29) is 0 Å². The molecule has 0 bridgehead atoms. The molecule has 0 aliphatic heterocycles. The lowest BCUT2D eigenvalue weighted by Crippen LogP contribution is -2.23. The summed E-state index contributed by atoms with van der Waals surface area (Å²) in [7, 11) is 0. The minimum Gasteiger partial charge on any atom is -0.327 e. The Morgan fingerprint density at radius 3 is 2.93 bits per heavy atom. The molecule has 2 N–H and O–H groups in total. The minimum atomic E-state index is 0.388. The molecule has 0 amide bonds. The maximum atomic E-state index is 6.10. The fourth-order valence-electron chi connectivity index (χ4n) is 3.03. The Labute approximate surface area is 85.3 Å². The van der Waals surface area contributed by atoms with Crippen LogP contribution in [0.25, 0.3) is 0 Å². The first-order chi connectivity index (χ1) is 6.72. The Bertz CT molecular complexity index is 383. The number of hydrogen-bond donors (Lipinski definition) is 1. The molecule has 1 aromatic carbocycles. The summed E-state index contributed by atoms with van der Waals surface area (Å²) >= 11 is 0. The Kier molecular flexibility index (Phi) is 1.58. The van der Waals surface area contributed by atoms with Gasteiger partial charge in [-0.2, -0.15) is 0 Å². The summed E-state index contributed by atoms with van der Waals surface area (Å²) in [6.45, 7) is 2.18. The molecule has 1 aromatic rings. The second-order valence-electron chi connectivity index (χ2n) is 4.98. The normalized spacial score (nSPS) is 34.3. The van der Waals surface area contributed by atoms with Crippen LogP contribution in [-0.4, -0.2) is 6.04 Å². The van der Waals surface area contributed by atoms with Crippen molar-refractivity contribution in [2.24, 2.45) is 5.73 Å². The monoisotopic (exact) mass is 187 g/mol. The zero-order chi connectivity index (χ0) is 9.76. The fraction of sp³-hybridized carbons (Fsp3) is 0.538. The van der Waals surface area contributed by atoms with Gasteiger partial charge in [-0.3, -0.25) is 0 Å². The van der Waals surface area contributed by atoms with Gasteiger partial charge in [-0.1, -0.05) is 23.8 Å². The van der Waals surface area contributed by atoms with Crippen molar-refractivity contribution in [2.45, 2.75) is 44.1 Å². The van der Waals surface area contributed by atoms with Crippen molar-refractivity contribution >= 4 is 0 Å². The molecule has 2 atom stereocenters. The van der Waals surface area contributed by atoms with Crippen LogP contribution in [0.2, 0.25) is 0 Å². The zero-order valence-corrected chi connectivity index (χ0v) is 8.72. The van der Waals surface area contributed by atoms with Crippen LogP contribution >= 0.6 is 0 Å². The molecule has 2 unspecified atom stereocenters. The highest BCUT2D eigenvalue weighted by Gasteiger charge is 2.54. The number of benzene rings is 1. The van der Waals surface area contributed by atoms with Gasteiger partial charge in [0.1, 0.15) is 0 Å². The van der Waals surface area contributed by atoms with Crippen LogP contribution in [0, 0.1) is 6.92 Å². The third-order valence-corrected chi connectivity index (χ3v) is 4.00. The van der Waals surface area contributed by atoms with Gasteiger partial charge in [-0.05, 0) is 43.7 Å². The Morgan fingerprint density at radius 1 is 1.43 bits per heavy atom. The molecular weight excluding hydrogens is 170 g/mol. The van der Waals surface area contributed by atoms with Crippen LogP contribution in [0.4, 0.5) is 0 Å². The highest BCUT2D eigenvalue weighted by atomic mass is 14.8. The predicted molar refractivity (Wildman–Crippen MR) is 58.4 cm³/mol. The van der Waals surface area contributed by atoms with Gasteiger partial charge < -0.3 is 5.73 Å². The average molecular weight is 187 g/mol. The van der Waals surface area contributed by atoms with E-state index >= 15 is 0 Å². The van der Waals surface area contributed by atoms with Gasteiger partial charge in [-0.25, -0.2) is 0 Å². The Hall–Kier alpha value is -0.820. The molecule has 3 rings (SSSR count). The van der Waals surface area contributed by atoms with Crippen LogP contribution in [-0.2, 0) is 11.8 Å². The highest BCUT2D eigenvalue weighted by molar-refractivity contribution is 5.45. The maximum Gasteiger partial charge on any atom is 0.0146 e. The average Bonchev–Trinajstić information content (AvgIpc) is 2.80. The SMILES string of the molecule is Cc1ccc2c(c1)C1(CCC2)CC1N. The van der Waals surface area contributed by atoms with E-state index in [2.05, 4.69) is 25.1 Å². The van der Waals surface area contributed by atoms with Gasteiger partial charge in [0.15, 0.2) is 0 Å². The van der Waals surface area contributed by atoms with Gasteiger partial charge in [0.25, 0.3) is 0 Å². The van der Waals surface area contributed by atoms with Crippen molar-refractivity contribution in [3.05, 3.63) is 34.9 Å². The number of fused-ring (bicyclic) bond motifs is 2. The van der Waals surface area contributed by atoms with Crippen molar-refractivity contribution in [3.63, 3.8) is 0 Å². The molecular formula is C13H17N. The van der Waals surface area contributed by atoms with E-state index < -0.39 is 0 Å². The number of rotatable bonds is 0. The van der Waals surface area contributed by atoms with E-state index in [1.165, 1.54) is 31.2 Å². The van der Waals surface area contributed by atoms with Gasteiger partial charge in [0.2, 0.25) is 0 Å². The second kappa shape index (κ2) is 2.60. The molecule has 0 saturated heterocycles. The lowest BCUT2D eigenvalue weighted by atomic mass is 9.79. The van der Waals surface area contributed by atoms with E-state index in [1.807, 2.05) is 0 Å². The minimum absolute atomic E-state index is 0.388. The van der Waals surface area contributed by atoms with Gasteiger partial charge in [0, 0.05) is 11.5 Å². The van der Waals surface area contributed by atoms with Crippen LogP contribution in [0.15, 0.2) is 18.2 Å². The third kappa shape index (κ3) is 0.992.